The van der Waals surface area contributed by atoms with Crippen LogP contribution in [-0.2, 0) is 31.6 Å². The molecule has 13 nitrogen and oxygen atoms in total. The Morgan fingerprint density at radius 1 is 1.15 bits per heavy atom. The highest BCUT2D eigenvalue weighted by atomic mass is 31.2. The minimum Gasteiger partial charge on any atom is -0.480 e. The van der Waals surface area contributed by atoms with Crippen LogP contribution in [0.2, 0.25) is 0 Å². The molecule has 1 aliphatic rings. The van der Waals surface area contributed by atoms with Crippen LogP contribution in [0.1, 0.15) is 21.5 Å². The maximum Gasteiger partial charge on any atom is 0.469 e. The van der Waals surface area contributed by atoms with Crippen LogP contribution in [0.15, 0.2) is 48.5 Å². The molecule has 1 heterocycles. The first-order chi connectivity index (χ1) is 16.0. The number of carboxylic acids is 1. The van der Waals surface area contributed by atoms with Gasteiger partial charge in [0.2, 0.25) is 5.91 Å². The minimum atomic E-state index is -4.98. The lowest BCUT2D eigenvalue weighted by atomic mass is 9.92. The van der Waals surface area contributed by atoms with E-state index < -0.39 is 49.2 Å². The number of amides is 2. The Morgan fingerprint density at radius 2 is 1.76 bits per heavy atom. The number of nitrogens with one attached hydrogen (secondary N) is 1. The molecule has 180 valence electrons. The molecule has 2 aromatic rings. The normalized spacial score (nSPS) is 16.3. The molecular weight excluding hydrogens is 473 g/mol. The van der Waals surface area contributed by atoms with Crippen molar-refractivity contribution < 1.29 is 43.3 Å². The van der Waals surface area contributed by atoms with E-state index in [9.17, 15) is 34.2 Å². The SMILES string of the molecule is O=C(O)[C@H](COP(=O)(O)O)NC(=O)[C@@H]1Cc2ccccc2CN1C(=O)c1ccc([N+](=O)[O-])cc1. The fourth-order valence-electron chi connectivity index (χ4n) is 3.48. The Hall–Kier alpha value is -3.64. The van der Waals surface area contributed by atoms with Crippen LogP contribution in [-0.4, -0.2) is 61.2 Å². The fraction of sp³-hybridized carbons (Fsp3) is 0.250. The Morgan fingerprint density at radius 3 is 2.32 bits per heavy atom. The number of phosphoric ester groups is 1. The van der Waals surface area contributed by atoms with Gasteiger partial charge in [0.15, 0.2) is 6.04 Å². The Labute approximate surface area is 192 Å². The number of hydrogen-bond acceptors (Lipinski definition) is 7. The molecule has 14 heteroatoms. The van der Waals surface area contributed by atoms with Gasteiger partial charge in [0.05, 0.1) is 11.5 Å². The molecule has 0 spiro atoms. The van der Waals surface area contributed by atoms with Gasteiger partial charge in [-0.15, -0.1) is 0 Å². The number of hydrogen-bond donors (Lipinski definition) is 4. The van der Waals surface area contributed by atoms with E-state index in [0.29, 0.717) is 0 Å². The molecule has 2 amide bonds. The maximum atomic E-state index is 13.2. The summed E-state index contributed by atoms with van der Waals surface area (Å²) in [7, 11) is -4.98. The van der Waals surface area contributed by atoms with E-state index in [1.165, 1.54) is 17.0 Å². The molecule has 34 heavy (non-hydrogen) atoms. The number of fused-ring (bicyclic) bond motifs is 1. The van der Waals surface area contributed by atoms with Gasteiger partial charge in [0, 0.05) is 30.7 Å². The lowest BCUT2D eigenvalue weighted by Gasteiger charge is -2.36. The van der Waals surface area contributed by atoms with Crippen LogP contribution in [0, 0.1) is 10.1 Å². The number of carboxylic acid groups (broad SMARTS) is 1. The van der Waals surface area contributed by atoms with E-state index in [1.807, 2.05) is 0 Å². The van der Waals surface area contributed by atoms with Gasteiger partial charge in [-0.3, -0.25) is 24.2 Å². The standard InChI is InChI=1S/C20H20N3O10P/c24-18(21-16(20(26)27)11-33-34(30,31)32)17-9-13-3-1-2-4-14(13)10-22(17)19(25)12-5-7-15(8-6-12)23(28)29/h1-8,16-17H,9-11H2,(H,21,24)(H,26,27)(H2,30,31,32)/t16-,17-/m0/s1. The number of nitro benzene ring substituents is 1. The molecule has 4 N–H and O–H groups in total. The van der Waals surface area contributed by atoms with Gasteiger partial charge >= 0.3 is 13.8 Å². The van der Waals surface area contributed by atoms with E-state index in [4.69, 9.17) is 9.79 Å². The summed E-state index contributed by atoms with van der Waals surface area (Å²) in [5.74, 6) is -3.07. The zero-order valence-corrected chi connectivity index (χ0v) is 18.3. The van der Waals surface area contributed by atoms with E-state index in [0.717, 1.165) is 23.3 Å². The zero-order chi connectivity index (χ0) is 25.0. The molecule has 0 unspecified atom stereocenters. The van der Waals surface area contributed by atoms with E-state index in [-0.39, 0.29) is 24.2 Å². The van der Waals surface area contributed by atoms with Crippen LogP contribution in [0.4, 0.5) is 5.69 Å². The molecule has 2 aromatic carbocycles. The van der Waals surface area contributed by atoms with Gasteiger partial charge in [-0.2, -0.15) is 0 Å². The number of carbonyl (C=O) groups is 3. The molecule has 0 bridgehead atoms. The van der Waals surface area contributed by atoms with Crippen molar-refractivity contribution in [1.29, 1.82) is 0 Å². The van der Waals surface area contributed by atoms with Crippen LogP contribution in [0.5, 0.6) is 0 Å². The lowest BCUT2D eigenvalue weighted by Crippen LogP contribution is -2.56. The summed E-state index contributed by atoms with van der Waals surface area (Å²) < 4.78 is 15.1. The third kappa shape index (κ3) is 6.02. The Balaban J connectivity index is 1.87. The summed E-state index contributed by atoms with van der Waals surface area (Å²) in [6, 6.07) is 8.91. The third-order valence-electron chi connectivity index (χ3n) is 5.16. The quantitative estimate of drug-likeness (QED) is 0.232. The average molecular weight is 493 g/mol. The van der Waals surface area contributed by atoms with Crippen molar-refractivity contribution in [2.75, 3.05) is 6.61 Å². The van der Waals surface area contributed by atoms with Crippen LogP contribution < -0.4 is 5.32 Å². The predicted molar refractivity (Wildman–Crippen MR) is 114 cm³/mol. The number of benzene rings is 2. The molecule has 2 atom stereocenters. The fourth-order valence-corrected chi connectivity index (χ4v) is 3.82. The van der Waals surface area contributed by atoms with Crippen molar-refractivity contribution in [3.63, 3.8) is 0 Å². The Bertz CT molecular complexity index is 1160. The number of non-ortho nitro benzene ring substituents is 1. The number of nitro groups is 1. The van der Waals surface area contributed by atoms with E-state index in [1.54, 1.807) is 24.3 Å². The predicted octanol–water partition coefficient (Wildman–Crippen LogP) is 0.841. The summed E-state index contributed by atoms with van der Waals surface area (Å²) in [4.78, 5) is 66.8. The van der Waals surface area contributed by atoms with Crippen molar-refractivity contribution in [3.8, 4) is 0 Å². The monoisotopic (exact) mass is 493 g/mol. The van der Waals surface area contributed by atoms with E-state index >= 15 is 0 Å². The summed E-state index contributed by atoms with van der Waals surface area (Å²) in [5.41, 5.74) is 1.39. The van der Waals surface area contributed by atoms with Gasteiger partial charge < -0.3 is 25.1 Å². The van der Waals surface area contributed by atoms with E-state index in [2.05, 4.69) is 9.84 Å². The maximum absolute atomic E-state index is 13.2. The first-order valence-corrected chi connectivity index (χ1v) is 11.3. The molecular formula is C20H20N3O10P. The third-order valence-corrected chi connectivity index (χ3v) is 5.65. The second kappa shape index (κ2) is 10.1. The van der Waals surface area contributed by atoms with Gasteiger partial charge in [0.25, 0.3) is 11.6 Å². The Kier molecular flexibility index (Phi) is 7.42. The van der Waals surface area contributed by atoms with Gasteiger partial charge in [-0.05, 0) is 23.3 Å². The summed E-state index contributed by atoms with van der Waals surface area (Å²) in [5, 5.41) is 22.4. The number of phosphoric acid groups is 1. The number of aliphatic carboxylic acids is 1. The molecule has 0 saturated carbocycles. The average Bonchev–Trinajstić information content (AvgIpc) is 2.79. The number of rotatable bonds is 8. The lowest BCUT2D eigenvalue weighted by molar-refractivity contribution is -0.384. The number of carbonyl (C=O) groups excluding carboxylic acids is 2. The van der Waals surface area contributed by atoms with Gasteiger partial charge in [0.1, 0.15) is 6.04 Å². The molecule has 0 aromatic heterocycles. The summed E-state index contributed by atoms with van der Waals surface area (Å²) in [6.45, 7) is -0.980. The highest BCUT2D eigenvalue weighted by Crippen LogP contribution is 2.35. The highest BCUT2D eigenvalue weighted by molar-refractivity contribution is 7.46. The van der Waals surface area contributed by atoms with Crippen molar-refractivity contribution in [3.05, 3.63) is 75.3 Å². The summed E-state index contributed by atoms with van der Waals surface area (Å²) in [6.07, 6.45) is 0.0480. The van der Waals surface area contributed by atoms with Crippen molar-refractivity contribution in [1.82, 2.24) is 10.2 Å². The minimum absolute atomic E-state index is 0.0147. The van der Waals surface area contributed by atoms with Crippen molar-refractivity contribution >= 4 is 31.3 Å². The van der Waals surface area contributed by atoms with Crippen molar-refractivity contribution in [2.45, 2.75) is 25.0 Å². The first-order valence-electron chi connectivity index (χ1n) is 9.81. The summed E-state index contributed by atoms with van der Waals surface area (Å²) >= 11 is 0. The van der Waals surface area contributed by atoms with Gasteiger partial charge in [-0.1, -0.05) is 24.3 Å². The second-order valence-electron chi connectivity index (χ2n) is 7.41. The largest absolute Gasteiger partial charge is 0.480 e. The van der Waals surface area contributed by atoms with Crippen LogP contribution >= 0.6 is 7.82 Å². The second-order valence-corrected chi connectivity index (χ2v) is 8.65. The van der Waals surface area contributed by atoms with Gasteiger partial charge in [-0.25, -0.2) is 9.36 Å². The van der Waals surface area contributed by atoms with Crippen LogP contribution in [0.25, 0.3) is 0 Å². The number of nitrogens with zero attached hydrogens (tertiary/aromatic N) is 2. The smallest absolute Gasteiger partial charge is 0.469 e. The first kappa shape index (κ1) is 25.0. The molecule has 3 rings (SSSR count). The highest BCUT2D eigenvalue weighted by Gasteiger charge is 2.37. The molecule has 0 radical (unpaired) electrons. The topological polar surface area (TPSA) is 197 Å². The molecule has 1 aliphatic heterocycles. The molecule has 0 fully saturated rings. The molecule has 0 saturated heterocycles. The van der Waals surface area contributed by atoms with Crippen LogP contribution in [0.3, 0.4) is 0 Å². The van der Waals surface area contributed by atoms with Crippen molar-refractivity contribution in [2.24, 2.45) is 0 Å². The zero-order valence-electron chi connectivity index (χ0n) is 17.4. The molecule has 0 aliphatic carbocycles.